The highest BCUT2D eigenvalue weighted by Gasteiger charge is 2.53. The highest BCUT2D eigenvalue weighted by atomic mass is 79.9. The maximum Gasteiger partial charge on any atom is 0.187 e. The van der Waals surface area contributed by atoms with Crippen molar-refractivity contribution in [2.24, 2.45) is 0 Å². The Kier molecular flexibility index (Phi) is 15.1. The average Bonchev–Trinajstić information content (AvgIpc) is 1.51. The van der Waals surface area contributed by atoms with Crippen molar-refractivity contribution in [2.45, 2.75) is 18.3 Å². The molecule has 22 rings (SSSR count). The number of hydrogen-bond donors (Lipinski definition) is 1. The van der Waals surface area contributed by atoms with E-state index in [-0.39, 0.29) is 12.8 Å². The van der Waals surface area contributed by atoms with E-state index in [9.17, 15) is 5.26 Å². The molecule has 4 aliphatic rings. The van der Waals surface area contributed by atoms with Crippen molar-refractivity contribution in [3.63, 3.8) is 0 Å². The molecule has 0 amide bonds. The van der Waals surface area contributed by atoms with Gasteiger partial charge >= 0.3 is 0 Å². The lowest BCUT2D eigenvalue weighted by molar-refractivity contribution is 0.793. The second-order valence-electron chi connectivity index (χ2n) is 27.6. The van der Waals surface area contributed by atoms with Crippen molar-refractivity contribution in [1.82, 2.24) is 0 Å². The summed E-state index contributed by atoms with van der Waals surface area (Å²) >= 11 is 3.27. The fourth-order valence-corrected chi connectivity index (χ4v) is 18.5. The Bertz CT molecular complexity index is 6560. The minimum atomic E-state index is -0.441. The molecule has 0 aromatic heterocycles. The zero-order valence-electron chi connectivity index (χ0n) is 56.9. The molecule has 0 heterocycles. The van der Waals surface area contributed by atoms with Gasteiger partial charge in [0.25, 0.3) is 0 Å². The van der Waals surface area contributed by atoms with Gasteiger partial charge in [-0.25, -0.2) is 4.85 Å². The lowest BCUT2D eigenvalue weighted by Gasteiger charge is -2.32. The third-order valence-electron chi connectivity index (χ3n) is 22.5. The Morgan fingerprint density at radius 1 is 0.283 bits per heavy atom. The smallest absolute Gasteiger partial charge is 0.187 e. The number of nitrogens with one attached hydrogen (secondary N) is 1. The number of fused-ring (bicyclic) bond motifs is 32. The van der Waals surface area contributed by atoms with Crippen LogP contribution in [0.3, 0.4) is 0 Å². The lowest BCUT2D eigenvalue weighted by Crippen LogP contribution is -2.26. The Labute approximate surface area is 624 Å². The Morgan fingerprint density at radius 2 is 0.575 bits per heavy atom. The number of rotatable bonds is 5. The van der Waals surface area contributed by atoms with E-state index in [1.54, 1.807) is 12.1 Å². The molecule has 4 aliphatic carbocycles. The topological polar surface area (TPSA) is 43.4 Å². The molecule has 4 nitrogen and oxygen atoms in total. The van der Waals surface area contributed by atoms with Crippen molar-refractivity contribution in [1.29, 1.82) is 5.26 Å². The van der Waals surface area contributed by atoms with E-state index in [2.05, 4.69) is 365 Å². The molecule has 0 saturated carbocycles. The zero-order valence-corrected chi connectivity index (χ0v) is 58.4. The maximum atomic E-state index is 9.71. The number of hydrogen-bond acceptors (Lipinski definition) is 3. The number of anilines is 5. The summed E-state index contributed by atoms with van der Waals surface area (Å²) < 4.78 is 1.01. The largest absolute Gasteiger partial charge is 0.355 e. The van der Waals surface area contributed by atoms with Crippen molar-refractivity contribution in [3.05, 3.63) is 430 Å². The molecule has 106 heavy (non-hydrogen) atoms. The fraction of sp³-hybridized carbons (Fsp3) is 0.0297. The van der Waals surface area contributed by atoms with Gasteiger partial charge in [0.05, 0.1) is 29.0 Å². The molecule has 0 unspecified atom stereocenters. The predicted molar refractivity (Wildman–Crippen MR) is 447 cm³/mol. The molecule has 0 bridgehead atoms. The van der Waals surface area contributed by atoms with Crippen molar-refractivity contribution >= 4 is 115 Å². The summed E-state index contributed by atoms with van der Waals surface area (Å²) in [7, 11) is 0. The van der Waals surface area contributed by atoms with Crippen LogP contribution in [-0.4, -0.2) is 0 Å². The van der Waals surface area contributed by atoms with Gasteiger partial charge in [0.1, 0.15) is 0 Å². The van der Waals surface area contributed by atoms with Crippen molar-refractivity contribution < 1.29 is 0 Å². The van der Waals surface area contributed by atoms with Gasteiger partial charge in [-0.3, -0.25) is 0 Å². The lowest BCUT2D eigenvalue weighted by atomic mass is 9.70. The molecule has 0 fully saturated rings. The minimum absolute atomic E-state index is 0. The SMILES string of the molecule is C.N#Cc1ccc(N(c2ccc3c(c2)C2(c4ccccc4-c4ccccc42)c2ccccc2-3)c2ccc3c4ccccc4c4ccccc4c3c2)cc1.[C-]#[N+]c1ccc(Br)cc1.c1ccc2c(c1)-c1ccccc1C21c2ccccc2-c2ccc(Nc3ccc4c5ccccc5c5ccccc5c4c3)cc21. The number of halogens is 1. The Morgan fingerprint density at radius 3 is 0.981 bits per heavy atom. The highest BCUT2D eigenvalue weighted by Crippen LogP contribution is 2.65. The van der Waals surface area contributed by atoms with Crippen LogP contribution in [0.15, 0.2) is 368 Å². The third-order valence-corrected chi connectivity index (χ3v) is 23.0. The molecule has 0 atom stereocenters. The molecule has 0 saturated heterocycles. The minimum Gasteiger partial charge on any atom is -0.355 e. The average molecular weight is 1410 g/mol. The molecule has 5 heteroatoms. The molecular weight excluding hydrogens is 1350 g/mol. The zero-order chi connectivity index (χ0) is 69.9. The van der Waals surface area contributed by atoms with Gasteiger partial charge in [-0.05, 0) is 226 Å². The van der Waals surface area contributed by atoms with Crippen LogP contribution in [0.4, 0.5) is 34.1 Å². The van der Waals surface area contributed by atoms with Gasteiger partial charge in [0.15, 0.2) is 5.69 Å². The quantitative estimate of drug-likeness (QED) is 0.138. The molecule has 18 aromatic rings. The second kappa shape index (κ2) is 25.2. The van der Waals surface area contributed by atoms with Gasteiger partial charge in [0.2, 0.25) is 0 Å². The molecule has 1 N–H and O–H groups in total. The van der Waals surface area contributed by atoms with E-state index in [0.717, 1.165) is 32.9 Å². The summed E-state index contributed by atoms with van der Waals surface area (Å²) in [5, 5.41) is 28.7. The summed E-state index contributed by atoms with van der Waals surface area (Å²) in [6, 6.07) is 134. The van der Waals surface area contributed by atoms with Gasteiger partial charge in [0, 0.05) is 32.9 Å². The van der Waals surface area contributed by atoms with Gasteiger partial charge in [-0.2, -0.15) is 5.26 Å². The first-order valence-electron chi connectivity index (χ1n) is 35.6. The molecule has 0 radical (unpaired) electrons. The third kappa shape index (κ3) is 9.50. The predicted octanol–water partition coefficient (Wildman–Crippen LogP) is 27.7. The molecule has 0 aliphatic heterocycles. The van der Waals surface area contributed by atoms with Crippen LogP contribution in [0, 0.1) is 17.9 Å². The molecule has 496 valence electrons. The van der Waals surface area contributed by atoms with Crippen LogP contribution in [0.2, 0.25) is 0 Å². The monoisotopic (exact) mass is 1410 g/mol. The van der Waals surface area contributed by atoms with Gasteiger partial charge in [-0.15, -0.1) is 0 Å². The van der Waals surface area contributed by atoms with E-state index >= 15 is 0 Å². The van der Waals surface area contributed by atoms with E-state index < -0.39 is 5.41 Å². The molecule has 2 spiro atoms. The summed E-state index contributed by atoms with van der Waals surface area (Å²) in [5.74, 6) is 0. The first kappa shape index (κ1) is 63.5. The van der Waals surface area contributed by atoms with E-state index in [1.807, 2.05) is 24.3 Å². The number of nitrogens with zero attached hydrogens (tertiary/aromatic N) is 3. The summed E-state index contributed by atoms with van der Waals surface area (Å²) in [4.78, 5) is 5.60. The standard InChI is InChI=1S/C50H30N2.C43H27N.C7H4BrN.CH4/c51-31-32-21-23-33(24-22-32)52(34-25-27-40-38-13-2-1-11-36(38)37-12-3-4-14-39(37)45(40)29-34)35-26-28-44-43-17-7-10-20-48(43)50(49(44)30-35)46-18-8-5-15-41(46)42-16-6-9-19-47(42)50;1-2-13-31-29(11-1)30-12-3-4-14-32(30)38-25-27(21-23-33(31)38)44-28-22-24-37-36-17-7-10-20-41(36)43(42(37)26-28)39-18-8-5-15-34(39)35-16-6-9-19-40(35)43;1-9-7-4-2-6(8)3-5-7;/h1-30H;1-26,44H;2-5H;1H4. The number of benzene rings is 18. The number of nitriles is 1. The molecule has 18 aromatic carbocycles. The van der Waals surface area contributed by atoms with E-state index in [1.165, 1.54) is 154 Å². The highest BCUT2D eigenvalue weighted by molar-refractivity contribution is 9.10. The van der Waals surface area contributed by atoms with Crippen molar-refractivity contribution in [2.75, 3.05) is 10.2 Å². The van der Waals surface area contributed by atoms with Crippen molar-refractivity contribution in [3.8, 4) is 50.6 Å². The molecular formula is C101H65BrN4. The normalized spacial score (nSPS) is 12.8. The first-order valence-corrected chi connectivity index (χ1v) is 36.4. The second-order valence-corrected chi connectivity index (χ2v) is 28.6. The first-order chi connectivity index (χ1) is 51.9. The van der Waals surface area contributed by atoms with E-state index in [4.69, 9.17) is 6.57 Å². The fourth-order valence-electron chi connectivity index (χ4n) is 18.2. The summed E-state index contributed by atoms with van der Waals surface area (Å²) in [5.41, 5.74) is 27.0. The van der Waals surface area contributed by atoms with Crippen LogP contribution in [0.1, 0.15) is 57.5 Å². The van der Waals surface area contributed by atoms with Crippen LogP contribution in [0.5, 0.6) is 0 Å². The van der Waals surface area contributed by atoms with Crippen LogP contribution in [0.25, 0.3) is 114 Å². The van der Waals surface area contributed by atoms with Gasteiger partial charge < -0.3 is 10.2 Å². The Hall–Kier alpha value is -13.4. The van der Waals surface area contributed by atoms with E-state index in [0.29, 0.717) is 11.3 Å². The maximum absolute atomic E-state index is 9.71. The van der Waals surface area contributed by atoms with Crippen LogP contribution >= 0.6 is 15.9 Å². The van der Waals surface area contributed by atoms with Crippen LogP contribution in [-0.2, 0) is 10.8 Å². The van der Waals surface area contributed by atoms with Gasteiger partial charge in [-0.1, -0.05) is 315 Å². The summed E-state index contributed by atoms with van der Waals surface area (Å²) in [6.07, 6.45) is 0. The summed E-state index contributed by atoms with van der Waals surface area (Å²) in [6.45, 7) is 6.62. The van der Waals surface area contributed by atoms with Crippen LogP contribution < -0.4 is 10.2 Å². The Balaban J connectivity index is 0.000000130.